The van der Waals surface area contributed by atoms with E-state index in [9.17, 15) is 19.2 Å². The van der Waals surface area contributed by atoms with Crippen LogP contribution < -0.4 is 10.6 Å². The number of benzene rings is 1. The Hall–Kier alpha value is -2.55. The van der Waals surface area contributed by atoms with Crippen LogP contribution in [0.4, 0.5) is 5.69 Å². The summed E-state index contributed by atoms with van der Waals surface area (Å²) in [5, 5.41) is 13.3. The molecule has 9 heteroatoms. The number of esters is 1. The van der Waals surface area contributed by atoms with Crippen LogP contribution in [0.3, 0.4) is 0 Å². The van der Waals surface area contributed by atoms with Gasteiger partial charge in [0, 0.05) is 17.9 Å². The number of hydrogen-bond donors (Lipinski definition) is 3. The minimum absolute atomic E-state index is 0.0658. The lowest BCUT2D eigenvalue weighted by molar-refractivity contribution is -0.141. The van der Waals surface area contributed by atoms with E-state index in [1.54, 1.807) is 24.3 Å². The van der Waals surface area contributed by atoms with Crippen LogP contribution in [0.15, 0.2) is 24.3 Å². The molecule has 0 saturated carbocycles. The highest BCUT2D eigenvalue weighted by atomic mass is 32.2. The zero-order valence-electron chi connectivity index (χ0n) is 14.9. The molecule has 2 amide bonds. The molecule has 0 bridgehead atoms. The maximum absolute atomic E-state index is 12.1. The molecular formula is C18H22N2O6S. The lowest BCUT2D eigenvalue weighted by atomic mass is 10.2. The number of carboxylic acids is 1. The van der Waals surface area contributed by atoms with Crippen LogP contribution in [-0.4, -0.2) is 52.5 Å². The summed E-state index contributed by atoms with van der Waals surface area (Å²) >= 11 is 1.15. The van der Waals surface area contributed by atoms with Crippen LogP contribution in [-0.2, 0) is 19.1 Å². The lowest BCUT2D eigenvalue weighted by Gasteiger charge is -2.25. The Bertz CT molecular complexity index is 706. The van der Waals surface area contributed by atoms with E-state index in [0.717, 1.165) is 24.6 Å². The minimum Gasteiger partial charge on any atom is -0.480 e. The Morgan fingerprint density at radius 2 is 2.00 bits per heavy atom. The van der Waals surface area contributed by atoms with Crippen molar-refractivity contribution in [3.8, 4) is 0 Å². The maximum Gasteiger partial charge on any atom is 0.338 e. The number of anilines is 1. The lowest BCUT2D eigenvalue weighted by Crippen LogP contribution is -2.51. The minimum atomic E-state index is -1.09. The number of unbranched alkanes of at least 4 members (excludes halogenated alkanes) is 1. The average Bonchev–Trinajstić information content (AvgIpc) is 2.64. The molecule has 0 aliphatic carbocycles. The third-order valence-corrected chi connectivity index (χ3v) is 5.19. The van der Waals surface area contributed by atoms with E-state index in [-0.39, 0.29) is 18.1 Å². The molecule has 1 fully saturated rings. The van der Waals surface area contributed by atoms with Gasteiger partial charge >= 0.3 is 11.9 Å². The highest BCUT2D eigenvalue weighted by molar-refractivity contribution is 8.00. The van der Waals surface area contributed by atoms with E-state index in [1.165, 1.54) is 0 Å². The summed E-state index contributed by atoms with van der Waals surface area (Å²) in [7, 11) is 0. The van der Waals surface area contributed by atoms with Crippen molar-refractivity contribution < 1.29 is 29.0 Å². The highest BCUT2D eigenvalue weighted by Gasteiger charge is 2.33. The van der Waals surface area contributed by atoms with Crippen LogP contribution in [0, 0.1) is 0 Å². The molecule has 1 aromatic carbocycles. The van der Waals surface area contributed by atoms with E-state index >= 15 is 0 Å². The summed E-state index contributed by atoms with van der Waals surface area (Å²) in [6.07, 6.45) is 1.68. The van der Waals surface area contributed by atoms with Crippen LogP contribution in [0.5, 0.6) is 0 Å². The first kappa shape index (κ1) is 20.8. The van der Waals surface area contributed by atoms with Gasteiger partial charge < -0.3 is 20.5 Å². The van der Waals surface area contributed by atoms with Crippen LogP contribution in [0.25, 0.3) is 0 Å². The third kappa shape index (κ3) is 6.28. The molecule has 1 saturated heterocycles. The topological polar surface area (TPSA) is 122 Å². The summed E-state index contributed by atoms with van der Waals surface area (Å²) in [6.45, 7) is 2.38. The monoisotopic (exact) mass is 394 g/mol. The summed E-state index contributed by atoms with van der Waals surface area (Å²) in [5.74, 6) is -2.11. The van der Waals surface area contributed by atoms with Gasteiger partial charge in [0.2, 0.25) is 11.8 Å². The number of carboxylic acid groups (broad SMARTS) is 1. The number of nitrogens with one attached hydrogen (secondary N) is 2. The van der Waals surface area contributed by atoms with Crippen LogP contribution in [0.2, 0.25) is 0 Å². The molecule has 1 aliphatic heterocycles. The van der Waals surface area contributed by atoms with E-state index in [4.69, 9.17) is 9.84 Å². The van der Waals surface area contributed by atoms with Crippen molar-refractivity contribution in [1.82, 2.24) is 5.32 Å². The van der Waals surface area contributed by atoms with Crippen molar-refractivity contribution in [1.29, 1.82) is 0 Å². The van der Waals surface area contributed by atoms with E-state index in [0.29, 0.717) is 17.9 Å². The molecule has 0 aromatic heterocycles. The molecule has 0 spiro atoms. The standard InChI is InChI=1S/C18H22N2O6S/c1-2-3-8-26-18(25)11-4-6-12(7-5-11)19-15(21)9-14-16(22)20-13(10-27-14)17(23)24/h4-7,13-14H,2-3,8-10H2,1H3,(H,19,21)(H,20,22)(H,23,24)/t13-,14-/m1/s1. The SMILES string of the molecule is CCCCOC(=O)c1ccc(NC(=O)C[C@H]2SC[C@H](C(=O)O)NC2=O)cc1. The van der Waals surface area contributed by atoms with E-state index in [1.807, 2.05) is 6.92 Å². The second-order valence-corrected chi connectivity index (χ2v) is 7.28. The van der Waals surface area contributed by atoms with Crippen molar-refractivity contribution in [2.45, 2.75) is 37.5 Å². The molecule has 1 heterocycles. The van der Waals surface area contributed by atoms with Gasteiger partial charge in [-0.3, -0.25) is 9.59 Å². The first-order valence-corrected chi connectivity index (χ1v) is 9.67. The van der Waals surface area contributed by atoms with Gasteiger partial charge in [-0.15, -0.1) is 11.8 Å². The van der Waals surface area contributed by atoms with Gasteiger partial charge in [-0.05, 0) is 30.7 Å². The zero-order valence-corrected chi connectivity index (χ0v) is 15.7. The molecule has 27 heavy (non-hydrogen) atoms. The third-order valence-electron chi connectivity index (χ3n) is 3.88. The molecule has 2 atom stereocenters. The fraction of sp³-hybridized carbons (Fsp3) is 0.444. The van der Waals surface area contributed by atoms with Crippen molar-refractivity contribution in [2.24, 2.45) is 0 Å². The van der Waals surface area contributed by atoms with Gasteiger partial charge in [0.05, 0.1) is 17.4 Å². The Morgan fingerprint density at radius 3 is 2.59 bits per heavy atom. The second-order valence-electron chi connectivity index (χ2n) is 6.04. The van der Waals surface area contributed by atoms with Gasteiger partial charge in [0.25, 0.3) is 0 Å². The van der Waals surface area contributed by atoms with Gasteiger partial charge in [0.1, 0.15) is 6.04 Å². The van der Waals surface area contributed by atoms with Crippen LogP contribution >= 0.6 is 11.8 Å². The Labute approximate surface area is 161 Å². The van der Waals surface area contributed by atoms with E-state index in [2.05, 4.69) is 10.6 Å². The molecule has 2 rings (SSSR count). The number of aliphatic carboxylic acids is 1. The van der Waals surface area contributed by atoms with Crippen LogP contribution in [0.1, 0.15) is 36.5 Å². The predicted molar refractivity (Wildman–Crippen MR) is 101 cm³/mol. The van der Waals surface area contributed by atoms with Gasteiger partial charge in [-0.2, -0.15) is 0 Å². The highest BCUT2D eigenvalue weighted by Crippen LogP contribution is 2.22. The number of carbonyl (C=O) groups excluding carboxylic acids is 3. The number of carbonyl (C=O) groups is 4. The Kier molecular flexibility index (Phi) is 7.66. The maximum atomic E-state index is 12.1. The molecule has 8 nitrogen and oxygen atoms in total. The molecule has 0 unspecified atom stereocenters. The predicted octanol–water partition coefficient (Wildman–Crippen LogP) is 1.66. The zero-order chi connectivity index (χ0) is 19.8. The summed E-state index contributed by atoms with van der Waals surface area (Å²) in [5.41, 5.74) is 0.890. The van der Waals surface area contributed by atoms with Gasteiger partial charge in [-0.1, -0.05) is 13.3 Å². The molecule has 1 aromatic rings. The van der Waals surface area contributed by atoms with Crippen molar-refractivity contribution >= 4 is 41.2 Å². The normalized spacial score (nSPS) is 19.1. The van der Waals surface area contributed by atoms with Crippen molar-refractivity contribution in [3.63, 3.8) is 0 Å². The van der Waals surface area contributed by atoms with Gasteiger partial charge in [0.15, 0.2) is 0 Å². The molecule has 0 radical (unpaired) electrons. The fourth-order valence-corrected chi connectivity index (χ4v) is 3.48. The number of amides is 2. The van der Waals surface area contributed by atoms with Gasteiger partial charge in [-0.25, -0.2) is 9.59 Å². The summed E-state index contributed by atoms with van der Waals surface area (Å²) < 4.78 is 5.11. The first-order chi connectivity index (χ1) is 12.9. The summed E-state index contributed by atoms with van der Waals surface area (Å²) in [4.78, 5) is 46.7. The van der Waals surface area contributed by atoms with Crippen molar-refractivity contribution in [2.75, 3.05) is 17.7 Å². The number of hydrogen-bond acceptors (Lipinski definition) is 6. The molecule has 3 N–H and O–H groups in total. The number of ether oxygens (including phenoxy) is 1. The largest absolute Gasteiger partial charge is 0.480 e. The van der Waals surface area contributed by atoms with E-state index < -0.39 is 29.1 Å². The second kappa shape index (κ2) is 9.96. The quantitative estimate of drug-likeness (QED) is 0.453. The smallest absolute Gasteiger partial charge is 0.338 e. The molecular weight excluding hydrogens is 372 g/mol. The first-order valence-electron chi connectivity index (χ1n) is 8.62. The average molecular weight is 394 g/mol. The Balaban J connectivity index is 1.83. The fourth-order valence-electron chi connectivity index (χ4n) is 2.34. The summed E-state index contributed by atoms with van der Waals surface area (Å²) in [6, 6.07) is 5.37. The Morgan fingerprint density at radius 1 is 1.30 bits per heavy atom. The van der Waals surface area contributed by atoms with Crippen molar-refractivity contribution in [3.05, 3.63) is 29.8 Å². The number of thioether (sulfide) groups is 1. The molecule has 146 valence electrons. The number of rotatable bonds is 8. The molecule has 1 aliphatic rings.